The third-order valence-corrected chi connectivity index (χ3v) is 6.10. The first-order chi connectivity index (χ1) is 18.8. The number of nitrogens with two attached hydrogens (primary N) is 2. The average molecular weight is 564 g/mol. The molecule has 13 nitrogen and oxygen atoms in total. The molecule has 0 aromatic heterocycles. The molecule has 9 N–H and O–H groups in total. The van der Waals surface area contributed by atoms with Crippen molar-refractivity contribution in [3.63, 3.8) is 0 Å². The van der Waals surface area contributed by atoms with Crippen LogP contribution in [0.15, 0.2) is 24.3 Å². The van der Waals surface area contributed by atoms with Crippen LogP contribution in [0.4, 0.5) is 0 Å². The molecule has 4 atom stereocenters. The first-order valence-corrected chi connectivity index (χ1v) is 13.7. The second-order valence-electron chi connectivity index (χ2n) is 10.4. The lowest BCUT2D eigenvalue weighted by atomic mass is 10.0. The van der Waals surface area contributed by atoms with E-state index in [0.29, 0.717) is 32.4 Å². The minimum atomic E-state index is -1.37. The van der Waals surface area contributed by atoms with Gasteiger partial charge in [0, 0.05) is 18.9 Å². The Labute approximate surface area is 235 Å². The van der Waals surface area contributed by atoms with Gasteiger partial charge in [-0.2, -0.15) is 0 Å². The smallest absolute Gasteiger partial charge is 0.243 e. The fourth-order valence-corrected chi connectivity index (χ4v) is 3.85. The number of unbranched alkanes of at least 4 members (excludes halogenated alkanes) is 1. The van der Waals surface area contributed by atoms with E-state index in [-0.39, 0.29) is 30.1 Å². The minimum absolute atomic E-state index is 0.0601. The highest BCUT2D eigenvalue weighted by molar-refractivity contribution is 5.97. The summed E-state index contributed by atoms with van der Waals surface area (Å²) in [5, 5.41) is 12.9. The predicted octanol–water partition coefficient (Wildman–Crippen LogP) is -1.13. The van der Waals surface area contributed by atoms with E-state index < -0.39 is 54.2 Å². The van der Waals surface area contributed by atoms with Crippen LogP contribution in [0.3, 0.4) is 0 Å². The molecule has 0 unspecified atom stereocenters. The van der Waals surface area contributed by atoms with Gasteiger partial charge in [-0.25, -0.2) is 0 Å². The molecule has 0 saturated carbocycles. The number of amides is 6. The molecule has 0 aromatic carbocycles. The maximum absolute atomic E-state index is 13.1. The third-order valence-electron chi connectivity index (χ3n) is 6.10. The first-order valence-electron chi connectivity index (χ1n) is 13.7. The Morgan fingerprint density at radius 1 is 0.750 bits per heavy atom. The topological polar surface area (TPSA) is 215 Å². The third kappa shape index (κ3) is 13.4. The van der Waals surface area contributed by atoms with E-state index in [9.17, 15) is 28.8 Å². The van der Waals surface area contributed by atoms with Gasteiger partial charge in [-0.3, -0.25) is 28.8 Å². The van der Waals surface area contributed by atoms with Crippen molar-refractivity contribution in [3.05, 3.63) is 24.3 Å². The number of nitrogens with one attached hydrogen (secondary N) is 5. The van der Waals surface area contributed by atoms with Crippen molar-refractivity contribution >= 4 is 35.4 Å². The summed E-state index contributed by atoms with van der Waals surface area (Å²) in [5.74, 6) is -3.54. The van der Waals surface area contributed by atoms with Gasteiger partial charge >= 0.3 is 0 Å². The van der Waals surface area contributed by atoms with Crippen LogP contribution in [-0.4, -0.2) is 72.7 Å². The van der Waals surface area contributed by atoms with Crippen LogP contribution in [0.1, 0.15) is 59.8 Å². The molecule has 1 aliphatic carbocycles. The first kappa shape index (κ1) is 34.3. The van der Waals surface area contributed by atoms with Crippen molar-refractivity contribution in [2.45, 2.75) is 84.0 Å². The SMILES string of the molecule is CC(C)C[C@H](NC(=O)[C@H](CC(N)=O)NC(=O)[C@H](C)NC(=O)[C@H](C)NC(=O)CCCCN)C(=O)NCC1C=CC=C1. The van der Waals surface area contributed by atoms with Crippen LogP contribution in [0.2, 0.25) is 0 Å². The molecule has 0 fully saturated rings. The number of rotatable bonds is 18. The van der Waals surface area contributed by atoms with Crippen molar-refractivity contribution in [2.24, 2.45) is 23.3 Å². The van der Waals surface area contributed by atoms with Gasteiger partial charge in [0.05, 0.1) is 6.42 Å². The highest BCUT2D eigenvalue weighted by atomic mass is 16.2. The lowest BCUT2D eigenvalue weighted by Crippen LogP contribution is -2.58. The number of hydrogen-bond acceptors (Lipinski definition) is 7. The van der Waals surface area contributed by atoms with E-state index in [1.165, 1.54) is 13.8 Å². The van der Waals surface area contributed by atoms with Crippen LogP contribution in [-0.2, 0) is 28.8 Å². The van der Waals surface area contributed by atoms with Crippen molar-refractivity contribution in [1.29, 1.82) is 0 Å². The molecule has 0 saturated heterocycles. The van der Waals surface area contributed by atoms with Crippen molar-refractivity contribution < 1.29 is 28.8 Å². The fourth-order valence-electron chi connectivity index (χ4n) is 3.85. The van der Waals surface area contributed by atoms with Gasteiger partial charge in [0.25, 0.3) is 0 Å². The van der Waals surface area contributed by atoms with Gasteiger partial charge in [0.15, 0.2) is 0 Å². The molecule has 13 heteroatoms. The Hall–Kier alpha value is -3.74. The standard InChI is InChI=1S/C27H45N7O6/c1-16(2)13-20(26(39)30-15-19-9-5-6-10-19)34-27(40)21(14-22(29)35)33-25(38)18(4)32-24(37)17(3)31-23(36)11-7-8-12-28/h5-6,9-10,16-21H,7-8,11-15,28H2,1-4H3,(H2,29,35)(H,30,39)(H,31,36)(H,32,37)(H,33,38)(H,34,40)/t17-,18-,20-,21-/m0/s1. The van der Waals surface area contributed by atoms with Crippen LogP contribution >= 0.6 is 0 Å². The Balaban J connectivity index is 2.77. The molecule has 1 rings (SSSR count). The van der Waals surface area contributed by atoms with Gasteiger partial charge in [-0.05, 0) is 45.6 Å². The highest BCUT2D eigenvalue weighted by Crippen LogP contribution is 2.09. The highest BCUT2D eigenvalue weighted by Gasteiger charge is 2.30. The van der Waals surface area contributed by atoms with Crippen LogP contribution < -0.4 is 38.1 Å². The maximum Gasteiger partial charge on any atom is 0.243 e. The Kier molecular flexibility index (Phi) is 15.2. The van der Waals surface area contributed by atoms with Gasteiger partial charge in [0.2, 0.25) is 35.4 Å². The zero-order chi connectivity index (χ0) is 30.2. The second kappa shape index (κ2) is 17.8. The summed E-state index contributed by atoms with van der Waals surface area (Å²) >= 11 is 0. The summed E-state index contributed by atoms with van der Waals surface area (Å²) in [6.45, 7) is 7.48. The molecule has 1 aliphatic rings. The Bertz CT molecular complexity index is 953. The van der Waals surface area contributed by atoms with Crippen LogP contribution in [0.5, 0.6) is 0 Å². The quantitative estimate of drug-likeness (QED) is 0.102. The van der Waals surface area contributed by atoms with E-state index in [4.69, 9.17) is 11.5 Å². The number of primary amides is 1. The molecule has 0 radical (unpaired) electrons. The minimum Gasteiger partial charge on any atom is -0.370 e. The van der Waals surface area contributed by atoms with E-state index >= 15 is 0 Å². The Morgan fingerprint density at radius 2 is 1.32 bits per heavy atom. The molecule has 0 spiro atoms. The zero-order valence-corrected chi connectivity index (χ0v) is 23.8. The molecule has 0 bridgehead atoms. The molecule has 6 amide bonds. The molecular weight excluding hydrogens is 518 g/mol. The maximum atomic E-state index is 13.1. The fraction of sp³-hybridized carbons (Fsp3) is 0.630. The lowest BCUT2D eigenvalue weighted by Gasteiger charge is -2.25. The number of hydrogen-bond donors (Lipinski definition) is 7. The average Bonchev–Trinajstić information content (AvgIpc) is 3.39. The predicted molar refractivity (Wildman–Crippen MR) is 150 cm³/mol. The summed E-state index contributed by atoms with van der Waals surface area (Å²) in [7, 11) is 0. The summed E-state index contributed by atoms with van der Waals surface area (Å²) in [4.78, 5) is 74.8. The van der Waals surface area contributed by atoms with Crippen LogP contribution in [0.25, 0.3) is 0 Å². The van der Waals surface area contributed by atoms with E-state index in [1.54, 1.807) is 0 Å². The molecule has 0 aliphatic heterocycles. The molecule has 0 aromatic rings. The van der Waals surface area contributed by atoms with Gasteiger partial charge in [-0.1, -0.05) is 38.2 Å². The van der Waals surface area contributed by atoms with Crippen molar-refractivity contribution in [1.82, 2.24) is 26.6 Å². The van der Waals surface area contributed by atoms with E-state index in [0.717, 1.165) is 0 Å². The summed E-state index contributed by atoms with van der Waals surface area (Å²) in [6, 6.07) is -4.28. The lowest BCUT2D eigenvalue weighted by molar-refractivity contribution is -0.135. The van der Waals surface area contributed by atoms with E-state index in [1.807, 2.05) is 38.2 Å². The second-order valence-corrected chi connectivity index (χ2v) is 10.4. The zero-order valence-electron chi connectivity index (χ0n) is 23.8. The monoisotopic (exact) mass is 563 g/mol. The summed E-state index contributed by atoms with van der Waals surface area (Å²) < 4.78 is 0. The summed E-state index contributed by atoms with van der Waals surface area (Å²) in [6.07, 6.45) is 8.95. The number of allylic oxidation sites excluding steroid dienone is 2. The van der Waals surface area contributed by atoms with Crippen molar-refractivity contribution in [2.75, 3.05) is 13.1 Å². The molecule has 224 valence electrons. The van der Waals surface area contributed by atoms with Crippen LogP contribution in [0, 0.1) is 11.8 Å². The number of carbonyl (C=O) groups excluding carboxylic acids is 6. The molecule has 0 heterocycles. The molecule has 40 heavy (non-hydrogen) atoms. The normalized spacial score (nSPS) is 15.6. The van der Waals surface area contributed by atoms with Crippen molar-refractivity contribution in [3.8, 4) is 0 Å². The van der Waals surface area contributed by atoms with Gasteiger partial charge in [-0.15, -0.1) is 0 Å². The largest absolute Gasteiger partial charge is 0.370 e. The van der Waals surface area contributed by atoms with Gasteiger partial charge < -0.3 is 38.1 Å². The van der Waals surface area contributed by atoms with E-state index in [2.05, 4.69) is 26.6 Å². The summed E-state index contributed by atoms with van der Waals surface area (Å²) in [5.41, 5.74) is 10.7. The van der Waals surface area contributed by atoms with Gasteiger partial charge in [0.1, 0.15) is 24.2 Å². The Morgan fingerprint density at radius 3 is 1.90 bits per heavy atom. The molecular formula is C27H45N7O6. The number of carbonyl (C=O) groups is 6.